The zero-order valence-electron chi connectivity index (χ0n) is 6.77. The van der Waals surface area contributed by atoms with Crippen LogP contribution in [-0.4, -0.2) is 79.0 Å². The molecular formula is C7H16CaO5. The monoisotopic (exact) mass is 220 g/mol. The van der Waals surface area contributed by atoms with Gasteiger partial charge < -0.3 is 20.1 Å². The Kier molecular flexibility index (Phi) is 13.2. The van der Waals surface area contributed by atoms with Crippen molar-refractivity contribution in [2.45, 2.75) is 12.8 Å². The molecule has 5 nitrogen and oxygen atoms in total. The third kappa shape index (κ3) is 8.93. The van der Waals surface area contributed by atoms with Crippen molar-refractivity contribution in [2.75, 3.05) is 20.0 Å². The van der Waals surface area contributed by atoms with E-state index in [2.05, 4.69) is 4.74 Å². The third-order valence-electron chi connectivity index (χ3n) is 1.50. The molecule has 0 rings (SSSR count). The summed E-state index contributed by atoms with van der Waals surface area (Å²) in [4.78, 5) is 10.6. The molecule has 76 valence electrons. The molecule has 0 aliphatic carbocycles. The fourth-order valence-corrected chi connectivity index (χ4v) is 0.706. The Hall–Kier alpha value is 0.610. The normalized spacial score (nSPS) is 9.54. The predicted molar refractivity (Wildman–Crippen MR) is 48.6 cm³/mol. The van der Waals surface area contributed by atoms with Crippen molar-refractivity contribution in [3.8, 4) is 0 Å². The first-order chi connectivity index (χ1) is 5.74. The van der Waals surface area contributed by atoms with Crippen LogP contribution in [0.3, 0.4) is 0 Å². The molecule has 0 heterocycles. The molecule has 0 aliphatic rings. The molecule has 0 aromatic heterocycles. The Morgan fingerprint density at radius 1 is 1.23 bits per heavy atom. The molecule has 0 unspecified atom stereocenters. The van der Waals surface area contributed by atoms with Gasteiger partial charge in [0.2, 0.25) is 0 Å². The van der Waals surface area contributed by atoms with Crippen molar-refractivity contribution in [3.05, 3.63) is 0 Å². The molecule has 0 bridgehead atoms. The Balaban J connectivity index is 0. The van der Waals surface area contributed by atoms with Crippen molar-refractivity contribution in [2.24, 2.45) is 5.92 Å². The summed E-state index contributed by atoms with van der Waals surface area (Å²) in [6.07, 6.45) is 0.470. The first-order valence-electron chi connectivity index (χ1n) is 3.72. The minimum absolute atomic E-state index is 0. The number of hydrogen-bond acceptors (Lipinski definition) is 5. The average molecular weight is 220 g/mol. The van der Waals surface area contributed by atoms with Gasteiger partial charge in [-0.15, -0.1) is 0 Å². The van der Waals surface area contributed by atoms with Gasteiger partial charge in [0.1, 0.15) is 0 Å². The standard InChI is InChI=1S/C7H14O5.Ca.2H/c8-3-6(4-9)1-2-7(11)12-5-10;;;/h6,8-10H,1-5H2;;;. The first kappa shape index (κ1) is 16.1. The van der Waals surface area contributed by atoms with Gasteiger partial charge >= 0.3 is 43.7 Å². The Morgan fingerprint density at radius 2 is 1.77 bits per heavy atom. The molecule has 0 atom stereocenters. The van der Waals surface area contributed by atoms with Gasteiger partial charge in [0.25, 0.3) is 0 Å². The summed E-state index contributed by atoms with van der Waals surface area (Å²) in [7, 11) is 0. The van der Waals surface area contributed by atoms with Crippen molar-refractivity contribution in [1.82, 2.24) is 0 Å². The van der Waals surface area contributed by atoms with Crippen molar-refractivity contribution in [3.63, 3.8) is 0 Å². The first-order valence-corrected chi connectivity index (χ1v) is 3.72. The number of hydrogen-bond donors (Lipinski definition) is 3. The van der Waals surface area contributed by atoms with E-state index in [0.29, 0.717) is 6.42 Å². The fourth-order valence-electron chi connectivity index (χ4n) is 0.706. The van der Waals surface area contributed by atoms with Crippen LogP contribution in [0.25, 0.3) is 0 Å². The van der Waals surface area contributed by atoms with Crippen LogP contribution in [0.1, 0.15) is 12.8 Å². The fraction of sp³-hybridized carbons (Fsp3) is 0.857. The molecule has 13 heavy (non-hydrogen) atoms. The van der Waals surface area contributed by atoms with Crippen LogP contribution in [0, 0.1) is 5.92 Å². The van der Waals surface area contributed by atoms with Crippen LogP contribution in [0.4, 0.5) is 0 Å². The zero-order valence-corrected chi connectivity index (χ0v) is 6.77. The summed E-state index contributed by atoms with van der Waals surface area (Å²) in [6, 6.07) is 0. The van der Waals surface area contributed by atoms with Crippen molar-refractivity contribution >= 4 is 43.7 Å². The molecule has 6 heteroatoms. The Morgan fingerprint density at radius 3 is 2.15 bits per heavy atom. The van der Waals surface area contributed by atoms with E-state index in [-0.39, 0.29) is 63.3 Å². The molecule has 3 N–H and O–H groups in total. The molecule has 0 saturated carbocycles. The summed E-state index contributed by atoms with van der Waals surface area (Å²) in [5, 5.41) is 25.4. The van der Waals surface area contributed by atoms with E-state index < -0.39 is 12.8 Å². The van der Waals surface area contributed by atoms with Gasteiger partial charge in [0, 0.05) is 25.6 Å². The minimum atomic E-state index is -0.623. The van der Waals surface area contributed by atoms with Crippen molar-refractivity contribution < 1.29 is 24.9 Å². The number of rotatable bonds is 6. The van der Waals surface area contributed by atoms with Crippen LogP contribution in [0.15, 0.2) is 0 Å². The third-order valence-corrected chi connectivity index (χ3v) is 1.50. The summed E-state index contributed by atoms with van der Waals surface area (Å²) < 4.78 is 4.23. The predicted octanol–water partition coefficient (Wildman–Crippen LogP) is -2.06. The summed E-state index contributed by atoms with van der Waals surface area (Å²) in [5.74, 6) is -0.805. The van der Waals surface area contributed by atoms with Crippen LogP contribution in [0.5, 0.6) is 0 Å². The topological polar surface area (TPSA) is 87.0 Å². The van der Waals surface area contributed by atoms with E-state index in [1.54, 1.807) is 0 Å². The van der Waals surface area contributed by atoms with Gasteiger partial charge in [-0.25, -0.2) is 0 Å². The van der Waals surface area contributed by atoms with Crippen LogP contribution in [0.2, 0.25) is 0 Å². The number of carbonyl (C=O) groups is 1. The van der Waals surface area contributed by atoms with E-state index in [1.807, 2.05) is 0 Å². The SMILES string of the molecule is O=C(CCC(CO)CO)OCO.[CaH2]. The number of aliphatic hydroxyl groups excluding tert-OH is 3. The van der Waals surface area contributed by atoms with E-state index >= 15 is 0 Å². The van der Waals surface area contributed by atoms with Crippen molar-refractivity contribution in [1.29, 1.82) is 0 Å². The maximum atomic E-state index is 10.6. The zero-order chi connectivity index (χ0) is 9.40. The van der Waals surface area contributed by atoms with Crippen LogP contribution < -0.4 is 0 Å². The molecule has 0 spiro atoms. The quantitative estimate of drug-likeness (QED) is 0.272. The van der Waals surface area contributed by atoms with E-state index in [9.17, 15) is 4.79 Å². The number of carbonyl (C=O) groups excluding carboxylic acids is 1. The Labute approximate surface area is 107 Å². The molecule has 0 aromatic carbocycles. The van der Waals surface area contributed by atoms with Gasteiger partial charge in [-0.2, -0.15) is 0 Å². The average Bonchev–Trinajstić information content (AvgIpc) is 2.07. The van der Waals surface area contributed by atoms with E-state index in [0.717, 1.165) is 0 Å². The molecule has 0 radical (unpaired) electrons. The summed E-state index contributed by atoms with van der Waals surface area (Å²) >= 11 is 0. The maximum absolute atomic E-state index is 10.6. The second-order valence-electron chi connectivity index (χ2n) is 2.42. The van der Waals surface area contributed by atoms with E-state index in [1.165, 1.54) is 0 Å². The molecule has 0 amide bonds. The molecule has 0 aromatic rings. The van der Waals surface area contributed by atoms with E-state index in [4.69, 9.17) is 15.3 Å². The number of aliphatic hydroxyl groups is 3. The Bertz CT molecular complexity index is 126. The second kappa shape index (κ2) is 10.7. The van der Waals surface area contributed by atoms with Gasteiger partial charge in [-0.3, -0.25) is 4.79 Å². The molecule has 0 saturated heterocycles. The number of ether oxygens (including phenoxy) is 1. The molecule has 0 fully saturated rings. The van der Waals surface area contributed by atoms with Gasteiger partial charge in [0.05, 0.1) is 0 Å². The molecular weight excluding hydrogens is 204 g/mol. The van der Waals surface area contributed by atoms with Crippen LogP contribution >= 0.6 is 0 Å². The van der Waals surface area contributed by atoms with Gasteiger partial charge in [-0.1, -0.05) is 0 Å². The van der Waals surface area contributed by atoms with Gasteiger partial charge in [0.15, 0.2) is 6.79 Å². The van der Waals surface area contributed by atoms with Crippen LogP contribution in [-0.2, 0) is 9.53 Å². The summed E-state index contributed by atoms with van der Waals surface area (Å²) in [5.41, 5.74) is 0. The summed E-state index contributed by atoms with van der Waals surface area (Å²) in [6.45, 7) is -0.923. The van der Waals surface area contributed by atoms with Gasteiger partial charge in [-0.05, 0) is 6.42 Å². The number of esters is 1. The second-order valence-corrected chi connectivity index (χ2v) is 2.42. The molecule has 0 aliphatic heterocycles.